The molecule has 0 aliphatic carbocycles. The SMILES string of the molecule is CC(O)c1nccnc1F. The van der Waals surface area contributed by atoms with E-state index in [4.69, 9.17) is 5.11 Å². The predicted molar refractivity (Wildman–Crippen MR) is 32.6 cm³/mol. The van der Waals surface area contributed by atoms with Crippen LogP contribution in [0.1, 0.15) is 18.7 Å². The molecule has 10 heavy (non-hydrogen) atoms. The van der Waals surface area contributed by atoms with Crippen LogP contribution < -0.4 is 0 Å². The highest BCUT2D eigenvalue weighted by Gasteiger charge is 2.08. The summed E-state index contributed by atoms with van der Waals surface area (Å²) in [6.07, 6.45) is 1.68. The first-order chi connectivity index (χ1) is 4.72. The van der Waals surface area contributed by atoms with E-state index in [0.717, 1.165) is 0 Å². The number of aliphatic hydroxyl groups excluding tert-OH is 1. The van der Waals surface area contributed by atoms with E-state index < -0.39 is 12.1 Å². The number of nitrogens with zero attached hydrogens (tertiary/aromatic N) is 2. The van der Waals surface area contributed by atoms with Gasteiger partial charge in [-0.25, -0.2) is 4.98 Å². The molecule has 0 aliphatic rings. The lowest BCUT2D eigenvalue weighted by Gasteiger charge is -2.01. The lowest BCUT2D eigenvalue weighted by Crippen LogP contribution is -2.00. The molecule has 1 atom stereocenters. The summed E-state index contributed by atoms with van der Waals surface area (Å²) >= 11 is 0. The fraction of sp³-hybridized carbons (Fsp3) is 0.333. The van der Waals surface area contributed by atoms with E-state index in [1.807, 2.05) is 0 Å². The van der Waals surface area contributed by atoms with Crippen molar-refractivity contribution in [1.82, 2.24) is 9.97 Å². The quantitative estimate of drug-likeness (QED) is 0.626. The molecule has 1 N–H and O–H groups in total. The first-order valence-corrected chi connectivity index (χ1v) is 2.86. The Morgan fingerprint density at radius 2 is 2.10 bits per heavy atom. The van der Waals surface area contributed by atoms with Gasteiger partial charge in [0.25, 0.3) is 0 Å². The molecule has 0 saturated heterocycles. The van der Waals surface area contributed by atoms with Gasteiger partial charge >= 0.3 is 0 Å². The van der Waals surface area contributed by atoms with Crippen molar-refractivity contribution in [2.45, 2.75) is 13.0 Å². The molecular weight excluding hydrogens is 135 g/mol. The van der Waals surface area contributed by atoms with Crippen molar-refractivity contribution in [2.75, 3.05) is 0 Å². The second kappa shape index (κ2) is 2.70. The maximum absolute atomic E-state index is 12.5. The standard InChI is InChI=1S/C6H7FN2O/c1-4(10)5-6(7)9-3-2-8-5/h2-4,10H,1H3. The molecule has 0 fully saturated rings. The van der Waals surface area contributed by atoms with Crippen LogP contribution in [-0.4, -0.2) is 15.1 Å². The third-order valence-electron chi connectivity index (χ3n) is 1.08. The number of halogens is 1. The zero-order valence-corrected chi connectivity index (χ0v) is 5.45. The molecule has 0 radical (unpaired) electrons. The normalized spacial score (nSPS) is 13.1. The third kappa shape index (κ3) is 1.27. The molecule has 0 aromatic carbocycles. The summed E-state index contributed by atoms with van der Waals surface area (Å²) in [7, 11) is 0. The highest BCUT2D eigenvalue weighted by atomic mass is 19.1. The van der Waals surface area contributed by atoms with Crippen LogP contribution >= 0.6 is 0 Å². The van der Waals surface area contributed by atoms with Crippen molar-refractivity contribution >= 4 is 0 Å². The van der Waals surface area contributed by atoms with Crippen molar-refractivity contribution in [3.05, 3.63) is 24.0 Å². The Hall–Kier alpha value is -1.03. The maximum atomic E-state index is 12.5. The van der Waals surface area contributed by atoms with Crippen molar-refractivity contribution < 1.29 is 9.50 Å². The molecule has 0 spiro atoms. The van der Waals surface area contributed by atoms with Crippen LogP contribution in [0.25, 0.3) is 0 Å². The van der Waals surface area contributed by atoms with Gasteiger partial charge in [-0.1, -0.05) is 0 Å². The van der Waals surface area contributed by atoms with Gasteiger partial charge in [-0.3, -0.25) is 4.98 Å². The Labute approximate surface area is 57.6 Å². The van der Waals surface area contributed by atoms with Crippen LogP contribution in [0.15, 0.2) is 12.4 Å². The molecule has 1 rings (SSSR count). The monoisotopic (exact) mass is 142 g/mol. The molecule has 3 nitrogen and oxygen atoms in total. The smallest absolute Gasteiger partial charge is 0.237 e. The maximum Gasteiger partial charge on any atom is 0.237 e. The van der Waals surface area contributed by atoms with Gasteiger partial charge in [0.2, 0.25) is 5.95 Å². The van der Waals surface area contributed by atoms with E-state index in [1.54, 1.807) is 0 Å². The van der Waals surface area contributed by atoms with Gasteiger partial charge in [-0.2, -0.15) is 4.39 Å². The average Bonchev–Trinajstić information content (AvgIpc) is 1.88. The van der Waals surface area contributed by atoms with Gasteiger partial charge in [0.1, 0.15) is 5.69 Å². The van der Waals surface area contributed by atoms with Crippen molar-refractivity contribution in [3.63, 3.8) is 0 Å². The summed E-state index contributed by atoms with van der Waals surface area (Å²) < 4.78 is 12.5. The molecule has 0 aliphatic heterocycles. The summed E-state index contributed by atoms with van der Waals surface area (Å²) in [4.78, 5) is 6.90. The first-order valence-electron chi connectivity index (χ1n) is 2.86. The number of aliphatic hydroxyl groups is 1. The minimum Gasteiger partial charge on any atom is -0.387 e. The van der Waals surface area contributed by atoms with Crippen LogP contribution in [0, 0.1) is 5.95 Å². The van der Waals surface area contributed by atoms with Gasteiger partial charge in [0.15, 0.2) is 0 Å². The minimum absolute atomic E-state index is 0.0116. The molecule has 1 aromatic rings. The Balaban J connectivity index is 3.03. The van der Waals surface area contributed by atoms with Crippen LogP contribution in [0.4, 0.5) is 4.39 Å². The van der Waals surface area contributed by atoms with E-state index >= 15 is 0 Å². The van der Waals surface area contributed by atoms with Gasteiger partial charge in [0, 0.05) is 12.4 Å². The molecule has 1 aromatic heterocycles. The molecule has 0 amide bonds. The third-order valence-corrected chi connectivity index (χ3v) is 1.08. The molecule has 54 valence electrons. The first kappa shape index (κ1) is 7.08. The summed E-state index contributed by atoms with van der Waals surface area (Å²) in [5.74, 6) is -0.711. The lowest BCUT2D eigenvalue weighted by atomic mass is 10.3. The van der Waals surface area contributed by atoms with E-state index in [9.17, 15) is 4.39 Å². The largest absolute Gasteiger partial charge is 0.387 e. The molecule has 1 unspecified atom stereocenters. The Morgan fingerprint density at radius 3 is 2.50 bits per heavy atom. The average molecular weight is 142 g/mol. The lowest BCUT2D eigenvalue weighted by molar-refractivity contribution is 0.187. The van der Waals surface area contributed by atoms with Gasteiger partial charge in [-0.15, -0.1) is 0 Å². The molecule has 4 heteroatoms. The van der Waals surface area contributed by atoms with Gasteiger partial charge in [0.05, 0.1) is 6.10 Å². The Morgan fingerprint density at radius 1 is 1.50 bits per heavy atom. The predicted octanol–water partition coefficient (Wildman–Crippen LogP) is 0.669. The van der Waals surface area contributed by atoms with Crippen LogP contribution in [0.5, 0.6) is 0 Å². The number of rotatable bonds is 1. The number of aromatic nitrogens is 2. The zero-order chi connectivity index (χ0) is 7.56. The van der Waals surface area contributed by atoms with Crippen LogP contribution in [0.3, 0.4) is 0 Å². The molecule has 0 saturated carbocycles. The number of hydrogen-bond donors (Lipinski definition) is 1. The second-order valence-corrected chi connectivity index (χ2v) is 1.91. The fourth-order valence-electron chi connectivity index (χ4n) is 0.612. The van der Waals surface area contributed by atoms with Crippen LogP contribution in [0.2, 0.25) is 0 Å². The van der Waals surface area contributed by atoms with E-state index in [2.05, 4.69) is 9.97 Å². The summed E-state index contributed by atoms with van der Waals surface area (Å²) in [5, 5.41) is 8.86. The summed E-state index contributed by atoms with van der Waals surface area (Å²) in [5.41, 5.74) is -0.0116. The second-order valence-electron chi connectivity index (χ2n) is 1.91. The molecular formula is C6H7FN2O. The highest BCUT2D eigenvalue weighted by molar-refractivity contribution is 5.00. The summed E-state index contributed by atoms with van der Waals surface area (Å²) in [6, 6.07) is 0. The van der Waals surface area contributed by atoms with E-state index in [-0.39, 0.29) is 5.69 Å². The number of hydrogen-bond acceptors (Lipinski definition) is 3. The van der Waals surface area contributed by atoms with Gasteiger partial charge < -0.3 is 5.11 Å². The van der Waals surface area contributed by atoms with Crippen molar-refractivity contribution in [1.29, 1.82) is 0 Å². The molecule has 0 bridgehead atoms. The topological polar surface area (TPSA) is 46.0 Å². The van der Waals surface area contributed by atoms with Gasteiger partial charge in [-0.05, 0) is 6.92 Å². The van der Waals surface area contributed by atoms with Crippen molar-refractivity contribution in [3.8, 4) is 0 Å². The zero-order valence-electron chi connectivity index (χ0n) is 5.45. The van der Waals surface area contributed by atoms with Crippen LogP contribution in [-0.2, 0) is 0 Å². The van der Waals surface area contributed by atoms with E-state index in [0.29, 0.717) is 0 Å². The Bertz CT molecular complexity index is 227. The Kier molecular flexibility index (Phi) is 1.91. The highest BCUT2D eigenvalue weighted by Crippen LogP contribution is 2.09. The minimum atomic E-state index is -0.895. The van der Waals surface area contributed by atoms with E-state index in [1.165, 1.54) is 19.3 Å². The van der Waals surface area contributed by atoms with Crippen molar-refractivity contribution in [2.24, 2.45) is 0 Å². The molecule has 1 heterocycles. The summed E-state index contributed by atoms with van der Waals surface area (Å²) in [6.45, 7) is 1.44. The fourth-order valence-corrected chi connectivity index (χ4v) is 0.612.